The van der Waals surface area contributed by atoms with Crippen LogP contribution in [0, 0.1) is 6.92 Å². The van der Waals surface area contributed by atoms with Crippen LogP contribution in [0.25, 0.3) is 68.7 Å². The van der Waals surface area contributed by atoms with Gasteiger partial charge in [0.05, 0.1) is 22.1 Å². The Balaban J connectivity index is 0.973. The van der Waals surface area contributed by atoms with Gasteiger partial charge in [0.15, 0.2) is 0 Å². The van der Waals surface area contributed by atoms with E-state index in [4.69, 9.17) is 18.0 Å². The number of benzene rings is 8. The van der Waals surface area contributed by atoms with Crippen LogP contribution in [-0.4, -0.2) is 36.5 Å². The lowest BCUT2D eigenvalue weighted by Gasteiger charge is -2.37. The van der Waals surface area contributed by atoms with E-state index >= 15 is 0 Å². The summed E-state index contributed by atoms with van der Waals surface area (Å²) >= 11 is 0. The van der Waals surface area contributed by atoms with E-state index < -0.39 is 46.9 Å². The normalized spacial score (nSPS) is 13.9. The molecule has 0 saturated carbocycles. The van der Waals surface area contributed by atoms with E-state index in [1.54, 1.807) is 36.4 Å². The van der Waals surface area contributed by atoms with Crippen molar-refractivity contribution >= 4 is 5.90 Å². The average Bonchev–Trinajstić information content (AvgIpc) is 3.69. The molecule has 0 bridgehead atoms. The summed E-state index contributed by atoms with van der Waals surface area (Å²) in [4.78, 5) is 0. The molecule has 1 atom stereocenters. The number of halogens is 9. The fourth-order valence-electron chi connectivity index (χ4n) is 9.70. The zero-order chi connectivity index (χ0) is 57.0. The fraction of sp³-hybridized carbons (Fsp3) is 0.0984. The van der Waals surface area contributed by atoms with E-state index in [1.165, 1.54) is 36.4 Å². The number of ether oxygens (including phenoxy) is 1. The number of hydrogen-bond donors (Lipinski definition) is 1. The van der Waals surface area contributed by atoms with Crippen LogP contribution in [0.4, 0.5) is 39.5 Å². The third kappa shape index (κ3) is 10.2. The molecule has 8 aromatic carbocycles. The Hall–Kier alpha value is -10.2. The zero-order valence-corrected chi connectivity index (χ0v) is 42.2. The van der Waals surface area contributed by atoms with Gasteiger partial charge in [0.1, 0.15) is 0 Å². The fourth-order valence-corrected chi connectivity index (χ4v) is 9.70. The molecule has 21 heteroatoms. The molecular weight excluding hydrogens is 1080 g/mol. The van der Waals surface area contributed by atoms with Crippen LogP contribution in [0.5, 0.6) is 0 Å². The quantitative estimate of drug-likeness (QED) is 0.0920. The third-order valence-electron chi connectivity index (χ3n) is 13.7. The summed E-state index contributed by atoms with van der Waals surface area (Å²) in [6.07, 6.45) is -14.4. The predicted octanol–water partition coefficient (Wildman–Crippen LogP) is 15.6. The van der Waals surface area contributed by atoms with Crippen molar-refractivity contribution < 1.29 is 57.5 Å². The van der Waals surface area contributed by atoms with Crippen molar-refractivity contribution in [3.8, 4) is 68.7 Å². The molecule has 12 rings (SSSR count). The van der Waals surface area contributed by atoms with Gasteiger partial charge in [0.25, 0.3) is 0 Å². The molecule has 1 aliphatic heterocycles. The zero-order valence-electron chi connectivity index (χ0n) is 42.2. The van der Waals surface area contributed by atoms with Crippen LogP contribution in [0.15, 0.2) is 212 Å². The number of nitrogens with one attached hydrogen (secondary N) is 1. The van der Waals surface area contributed by atoms with E-state index in [-0.39, 0.29) is 52.0 Å². The van der Waals surface area contributed by atoms with Crippen molar-refractivity contribution in [2.75, 3.05) is 0 Å². The highest BCUT2D eigenvalue weighted by atomic mass is 19.4. The molecule has 0 amide bonds. The minimum absolute atomic E-state index is 0.0191. The molecule has 408 valence electrons. The topological polar surface area (TPSA) is 150 Å². The van der Waals surface area contributed by atoms with Crippen molar-refractivity contribution in [3.63, 3.8) is 0 Å². The number of hydrogen-bond acceptors (Lipinski definition) is 12. The summed E-state index contributed by atoms with van der Waals surface area (Å²) in [5.41, 5.74) is 5.82. The number of hydrazone groups is 1. The minimum Gasteiger partial charge on any atom is -0.446 e. The average molecular weight is 1120 g/mol. The largest absolute Gasteiger partial charge is 0.446 e. The molecule has 3 aromatic heterocycles. The van der Waals surface area contributed by atoms with Gasteiger partial charge in [-0.2, -0.15) is 39.5 Å². The van der Waals surface area contributed by atoms with Gasteiger partial charge in [-0.25, -0.2) is 0 Å². The highest BCUT2D eigenvalue weighted by Gasteiger charge is 2.40. The van der Waals surface area contributed by atoms with Gasteiger partial charge in [-0.15, -0.1) is 35.7 Å². The van der Waals surface area contributed by atoms with E-state index in [2.05, 4.69) is 41.1 Å². The van der Waals surface area contributed by atoms with Crippen LogP contribution < -0.4 is 5.43 Å². The Morgan fingerprint density at radius 2 is 0.659 bits per heavy atom. The van der Waals surface area contributed by atoms with Crippen molar-refractivity contribution in [2.24, 2.45) is 5.10 Å². The van der Waals surface area contributed by atoms with Gasteiger partial charge in [-0.05, 0) is 132 Å². The van der Waals surface area contributed by atoms with Gasteiger partial charge in [0.2, 0.25) is 47.5 Å². The number of nitrogens with zero attached hydrogens (tertiary/aromatic N) is 7. The van der Waals surface area contributed by atoms with Crippen molar-refractivity contribution in [1.82, 2.24) is 36.0 Å². The van der Waals surface area contributed by atoms with Crippen LogP contribution in [0.1, 0.15) is 61.9 Å². The molecule has 0 fully saturated rings. The highest BCUT2D eigenvalue weighted by molar-refractivity contribution is 5.95. The van der Waals surface area contributed by atoms with Gasteiger partial charge < -0.3 is 18.0 Å². The molecule has 1 aliphatic rings. The third-order valence-corrected chi connectivity index (χ3v) is 13.7. The molecule has 1 N–H and O–H groups in total. The molecule has 0 spiro atoms. The Labute approximate surface area is 458 Å². The number of aromatic nitrogens is 6. The van der Waals surface area contributed by atoms with Crippen molar-refractivity contribution in [1.29, 1.82) is 0 Å². The molecule has 0 radical (unpaired) electrons. The number of alkyl halides is 9. The van der Waals surface area contributed by atoms with E-state index in [9.17, 15) is 39.5 Å². The maximum absolute atomic E-state index is 13.7. The molecule has 12 nitrogen and oxygen atoms in total. The Bertz CT molecular complexity index is 3820. The maximum atomic E-state index is 13.7. The molecule has 82 heavy (non-hydrogen) atoms. The first-order chi connectivity index (χ1) is 39.4. The second-order valence-corrected chi connectivity index (χ2v) is 19.0. The lowest BCUT2D eigenvalue weighted by atomic mass is 9.65. The van der Waals surface area contributed by atoms with E-state index in [1.807, 2.05) is 91.9 Å². The Morgan fingerprint density at radius 3 is 0.988 bits per heavy atom. The monoisotopic (exact) mass is 1120 g/mol. The first-order valence-electron chi connectivity index (χ1n) is 24.9. The SMILES string of the molecule is Cc1cccc(C2NN=C(c3ccc(C(c4ccc(-c5nnc(-c6cccc(C(F)(F)F)c6)o5)cc4)(c4ccc(-c5nnc(-c6cccc(C(F)(F)F)c6)o5)cc4)c4ccc(-c5nnc(-c6cccc(C(F)(F)F)c6)o5)cc4)cc3)O2)c1. The number of aryl methyl sites for hydroxylation is 1. The lowest BCUT2D eigenvalue weighted by Crippen LogP contribution is -2.31. The van der Waals surface area contributed by atoms with Gasteiger partial charge in [0, 0.05) is 44.5 Å². The van der Waals surface area contributed by atoms with Crippen molar-refractivity contribution in [2.45, 2.75) is 37.1 Å². The summed E-state index contributed by atoms with van der Waals surface area (Å²) in [5.74, 6) is -0.0202. The smallest absolute Gasteiger partial charge is 0.416 e. The van der Waals surface area contributed by atoms with Crippen LogP contribution >= 0.6 is 0 Å². The van der Waals surface area contributed by atoms with Crippen molar-refractivity contribution in [3.05, 3.63) is 250 Å². The maximum Gasteiger partial charge on any atom is 0.416 e. The molecule has 1 unspecified atom stereocenters. The standard InChI is InChI=1S/C61H37F9N8O4/c1-34-6-2-7-39(30-34)54-75-71-50(79-54)35-14-22-43(23-15-35)58(44-24-16-36(17-25-44)51-72-76-55(80-51)40-8-3-11-47(31-40)59(62,63)64,45-26-18-37(19-27-45)52-73-77-56(81-52)41-9-4-12-48(32-41)60(65,66)67)46-28-20-38(21-29-46)53-74-78-57(82-53)42-10-5-13-49(33-42)61(68,69)70/h2-33,54,75H,1H3. The Morgan fingerprint density at radius 1 is 0.341 bits per heavy atom. The molecular formula is C61H37F9N8O4. The summed E-state index contributed by atoms with van der Waals surface area (Å²) in [6.45, 7) is 1.97. The van der Waals surface area contributed by atoms with Crippen LogP contribution in [-0.2, 0) is 28.7 Å². The first kappa shape index (κ1) is 52.5. The highest BCUT2D eigenvalue weighted by Crippen LogP contribution is 2.47. The van der Waals surface area contributed by atoms with Gasteiger partial charge in [-0.3, -0.25) is 5.43 Å². The van der Waals surface area contributed by atoms with Crippen LogP contribution in [0.3, 0.4) is 0 Å². The minimum atomic E-state index is -4.61. The Kier molecular flexibility index (Phi) is 13.1. The van der Waals surface area contributed by atoms with E-state index in [0.29, 0.717) is 50.4 Å². The lowest BCUT2D eigenvalue weighted by molar-refractivity contribution is -0.138. The molecule has 4 heterocycles. The first-order valence-corrected chi connectivity index (χ1v) is 24.9. The van der Waals surface area contributed by atoms with Crippen LogP contribution in [0.2, 0.25) is 0 Å². The molecule has 11 aromatic rings. The van der Waals surface area contributed by atoms with Gasteiger partial charge in [-0.1, -0.05) is 96.6 Å². The summed E-state index contributed by atoms with van der Waals surface area (Å²) in [5, 5.41) is 29.3. The summed E-state index contributed by atoms with van der Waals surface area (Å²) in [6, 6.07) is 50.3. The summed E-state index contributed by atoms with van der Waals surface area (Å²) < 4.78 is 147. The number of rotatable bonds is 12. The van der Waals surface area contributed by atoms with Gasteiger partial charge >= 0.3 is 18.5 Å². The summed E-state index contributed by atoms with van der Waals surface area (Å²) in [7, 11) is 0. The van der Waals surface area contributed by atoms with E-state index in [0.717, 1.165) is 47.5 Å². The molecule has 0 aliphatic carbocycles. The second-order valence-electron chi connectivity index (χ2n) is 19.0. The second kappa shape index (κ2) is 20.5. The molecule has 0 saturated heterocycles. The predicted molar refractivity (Wildman–Crippen MR) is 281 cm³/mol.